The van der Waals surface area contributed by atoms with Gasteiger partial charge in [0.05, 0.1) is 11.6 Å². The lowest BCUT2D eigenvalue weighted by molar-refractivity contribution is -0.136. The molecule has 0 radical (unpaired) electrons. The van der Waals surface area contributed by atoms with Crippen LogP contribution in [0.1, 0.15) is 18.5 Å². The molecule has 2 aliphatic rings. The second kappa shape index (κ2) is 6.10. The van der Waals surface area contributed by atoms with Crippen molar-refractivity contribution in [3.63, 3.8) is 0 Å². The van der Waals surface area contributed by atoms with E-state index in [1.807, 2.05) is 11.8 Å². The van der Waals surface area contributed by atoms with E-state index in [1.165, 1.54) is 0 Å². The minimum absolute atomic E-state index is 0.192. The quantitative estimate of drug-likeness (QED) is 0.887. The number of carbonyl (C=O) groups is 1. The highest BCUT2D eigenvalue weighted by atomic mass is 32.1. The molecule has 2 saturated heterocycles. The van der Waals surface area contributed by atoms with Gasteiger partial charge in [-0.25, -0.2) is 4.98 Å². The summed E-state index contributed by atoms with van der Waals surface area (Å²) in [6.07, 6.45) is 2.16. The first kappa shape index (κ1) is 13.8. The maximum atomic E-state index is 12.5. The summed E-state index contributed by atoms with van der Waals surface area (Å²) in [7, 11) is 0. The van der Waals surface area contributed by atoms with Crippen LogP contribution in [0.5, 0.6) is 0 Å². The van der Waals surface area contributed by atoms with Gasteiger partial charge in [0.1, 0.15) is 0 Å². The van der Waals surface area contributed by atoms with Crippen LogP contribution in [0.3, 0.4) is 0 Å². The van der Waals surface area contributed by atoms with Crippen LogP contribution in [0.25, 0.3) is 0 Å². The van der Waals surface area contributed by atoms with Gasteiger partial charge in [-0.05, 0) is 26.3 Å². The predicted octanol–water partition coefficient (Wildman–Crippen LogP) is 1.10. The lowest BCUT2D eigenvalue weighted by Crippen LogP contribution is -2.52. The number of hydrogen-bond donors (Lipinski definition) is 1. The standard InChI is InChI=1S/C14H22N4OS/c1-11-10-20-14(16-11)18-7-5-17(6-8-18)13(19)12-3-2-4-15-9-12/h10,12,15H,2-9H2,1H3. The Kier molecular flexibility index (Phi) is 4.21. The van der Waals surface area contributed by atoms with Crippen molar-refractivity contribution >= 4 is 22.4 Å². The monoisotopic (exact) mass is 294 g/mol. The normalized spacial score (nSPS) is 23.9. The third-order valence-corrected chi connectivity index (χ3v) is 5.13. The van der Waals surface area contributed by atoms with Crippen molar-refractivity contribution in [1.29, 1.82) is 0 Å². The number of aromatic nitrogens is 1. The fourth-order valence-electron chi connectivity index (χ4n) is 2.93. The molecule has 1 unspecified atom stereocenters. The molecule has 1 N–H and O–H groups in total. The number of piperazine rings is 1. The number of aryl methyl sites for hydroxylation is 1. The van der Waals surface area contributed by atoms with Gasteiger partial charge >= 0.3 is 0 Å². The molecule has 3 heterocycles. The van der Waals surface area contributed by atoms with Gasteiger partial charge in [-0.1, -0.05) is 0 Å². The van der Waals surface area contributed by atoms with Crippen molar-refractivity contribution in [2.75, 3.05) is 44.2 Å². The molecule has 0 spiro atoms. The summed E-state index contributed by atoms with van der Waals surface area (Å²) in [5.41, 5.74) is 1.08. The van der Waals surface area contributed by atoms with Crippen LogP contribution >= 0.6 is 11.3 Å². The lowest BCUT2D eigenvalue weighted by Gasteiger charge is -2.37. The van der Waals surface area contributed by atoms with Crippen LogP contribution < -0.4 is 10.2 Å². The van der Waals surface area contributed by atoms with Crippen molar-refractivity contribution in [1.82, 2.24) is 15.2 Å². The zero-order valence-corrected chi connectivity index (χ0v) is 12.8. The Balaban J connectivity index is 1.54. The fraction of sp³-hybridized carbons (Fsp3) is 0.714. The number of piperidine rings is 1. The molecule has 1 atom stereocenters. The average molecular weight is 294 g/mol. The number of hydrogen-bond acceptors (Lipinski definition) is 5. The molecular weight excluding hydrogens is 272 g/mol. The topological polar surface area (TPSA) is 48.5 Å². The van der Waals surface area contributed by atoms with Gasteiger partial charge in [-0.2, -0.15) is 0 Å². The third-order valence-electron chi connectivity index (χ3n) is 4.11. The van der Waals surface area contributed by atoms with Gasteiger partial charge in [0, 0.05) is 38.1 Å². The van der Waals surface area contributed by atoms with Crippen LogP contribution in [0.15, 0.2) is 5.38 Å². The number of nitrogens with zero attached hydrogens (tertiary/aromatic N) is 3. The van der Waals surface area contributed by atoms with Crippen LogP contribution in [-0.2, 0) is 4.79 Å². The highest BCUT2D eigenvalue weighted by Crippen LogP contribution is 2.22. The minimum atomic E-state index is 0.192. The Hall–Kier alpha value is -1.14. The van der Waals surface area contributed by atoms with E-state index in [2.05, 4.69) is 20.6 Å². The highest BCUT2D eigenvalue weighted by Gasteiger charge is 2.28. The molecular formula is C14H22N4OS. The summed E-state index contributed by atoms with van der Waals surface area (Å²) in [6, 6.07) is 0. The zero-order chi connectivity index (χ0) is 13.9. The molecule has 0 aliphatic carbocycles. The van der Waals surface area contributed by atoms with Crippen LogP contribution in [0.4, 0.5) is 5.13 Å². The largest absolute Gasteiger partial charge is 0.345 e. The first-order valence-electron chi connectivity index (χ1n) is 7.40. The molecule has 0 saturated carbocycles. The van der Waals surface area contributed by atoms with Gasteiger partial charge in [0.2, 0.25) is 5.91 Å². The van der Waals surface area contributed by atoms with Crippen molar-refractivity contribution in [3.8, 4) is 0 Å². The smallest absolute Gasteiger partial charge is 0.227 e. The van der Waals surface area contributed by atoms with Gasteiger partial charge in [-0.3, -0.25) is 4.79 Å². The summed E-state index contributed by atoms with van der Waals surface area (Å²) in [6.45, 7) is 7.39. The number of amides is 1. The molecule has 1 amide bonds. The van der Waals surface area contributed by atoms with E-state index in [0.717, 1.165) is 62.9 Å². The molecule has 6 heteroatoms. The lowest BCUT2D eigenvalue weighted by atomic mass is 9.98. The van der Waals surface area contributed by atoms with Crippen LogP contribution in [0, 0.1) is 12.8 Å². The van der Waals surface area contributed by atoms with Crippen molar-refractivity contribution in [3.05, 3.63) is 11.1 Å². The van der Waals surface area contributed by atoms with E-state index in [0.29, 0.717) is 5.91 Å². The number of nitrogens with one attached hydrogen (secondary N) is 1. The molecule has 3 rings (SSSR count). The van der Waals surface area contributed by atoms with E-state index in [4.69, 9.17) is 0 Å². The maximum Gasteiger partial charge on any atom is 0.227 e. The Morgan fingerprint density at radius 1 is 1.40 bits per heavy atom. The van der Waals surface area contributed by atoms with E-state index < -0.39 is 0 Å². The van der Waals surface area contributed by atoms with Crippen molar-refractivity contribution < 1.29 is 4.79 Å². The summed E-state index contributed by atoms with van der Waals surface area (Å²) in [5, 5.41) is 6.50. The summed E-state index contributed by atoms with van der Waals surface area (Å²) >= 11 is 1.70. The molecule has 0 bridgehead atoms. The number of carbonyl (C=O) groups excluding carboxylic acids is 1. The Morgan fingerprint density at radius 2 is 2.20 bits per heavy atom. The SMILES string of the molecule is Cc1csc(N2CCN(C(=O)C3CCCNC3)CC2)n1. The van der Waals surface area contributed by atoms with E-state index in [1.54, 1.807) is 11.3 Å². The van der Waals surface area contributed by atoms with Crippen molar-refractivity contribution in [2.24, 2.45) is 5.92 Å². The van der Waals surface area contributed by atoms with E-state index in [-0.39, 0.29) is 5.92 Å². The minimum Gasteiger partial charge on any atom is -0.345 e. The number of thiazole rings is 1. The van der Waals surface area contributed by atoms with E-state index in [9.17, 15) is 4.79 Å². The summed E-state index contributed by atoms with van der Waals surface area (Å²) in [4.78, 5) is 21.3. The summed E-state index contributed by atoms with van der Waals surface area (Å²) < 4.78 is 0. The maximum absolute atomic E-state index is 12.5. The van der Waals surface area contributed by atoms with Crippen LogP contribution in [-0.4, -0.2) is 55.1 Å². The molecule has 0 aromatic carbocycles. The highest BCUT2D eigenvalue weighted by molar-refractivity contribution is 7.13. The molecule has 2 aliphatic heterocycles. The summed E-state index contributed by atoms with van der Waals surface area (Å²) in [5.74, 6) is 0.532. The fourth-order valence-corrected chi connectivity index (χ4v) is 3.78. The predicted molar refractivity (Wildman–Crippen MR) is 81.2 cm³/mol. The third kappa shape index (κ3) is 2.96. The molecule has 5 nitrogen and oxygen atoms in total. The zero-order valence-electron chi connectivity index (χ0n) is 12.0. The first-order valence-corrected chi connectivity index (χ1v) is 8.28. The average Bonchev–Trinajstić information content (AvgIpc) is 2.94. The van der Waals surface area contributed by atoms with Gasteiger partial charge in [0.25, 0.3) is 0 Å². The van der Waals surface area contributed by atoms with E-state index >= 15 is 0 Å². The van der Waals surface area contributed by atoms with Gasteiger partial charge < -0.3 is 15.1 Å². The molecule has 110 valence electrons. The van der Waals surface area contributed by atoms with Crippen LogP contribution in [0.2, 0.25) is 0 Å². The first-order chi connectivity index (χ1) is 9.74. The molecule has 2 fully saturated rings. The Labute approximate surface area is 124 Å². The molecule has 1 aromatic heterocycles. The Bertz CT molecular complexity index is 461. The molecule has 20 heavy (non-hydrogen) atoms. The molecule has 1 aromatic rings. The number of anilines is 1. The van der Waals surface area contributed by atoms with Gasteiger partial charge in [-0.15, -0.1) is 11.3 Å². The second-order valence-corrected chi connectivity index (χ2v) is 6.46. The van der Waals surface area contributed by atoms with Crippen molar-refractivity contribution in [2.45, 2.75) is 19.8 Å². The Morgan fingerprint density at radius 3 is 2.80 bits per heavy atom. The van der Waals surface area contributed by atoms with Gasteiger partial charge in [0.15, 0.2) is 5.13 Å². The number of rotatable bonds is 2. The second-order valence-electron chi connectivity index (χ2n) is 5.63.